The van der Waals surface area contributed by atoms with E-state index < -0.39 is 11.6 Å². The van der Waals surface area contributed by atoms with Crippen LogP contribution in [0, 0.1) is 23.5 Å². The highest BCUT2D eigenvalue weighted by atomic mass is 35.5. The first-order valence-corrected chi connectivity index (χ1v) is 7.03. The molecular formula is C14H15ClF2N2. The first kappa shape index (κ1) is 12.9. The number of hydrogen-bond donors (Lipinski definition) is 0. The third-order valence-corrected chi connectivity index (χ3v) is 4.11. The number of imidazole rings is 1. The van der Waals surface area contributed by atoms with Crippen LogP contribution < -0.4 is 0 Å². The normalized spacial score (nSPS) is 17.1. The lowest BCUT2D eigenvalue weighted by Gasteiger charge is -2.14. The standard InChI is InChI=1S/C14H15ClF2N2/c1-8(9-2-3-9)7-19-12-5-10(16)4-11(17)14(12)18-13(19)6-15/h4-5,8-9H,2-3,6-7H2,1H3. The van der Waals surface area contributed by atoms with Gasteiger partial charge >= 0.3 is 0 Å². The van der Waals surface area contributed by atoms with Crippen molar-refractivity contribution < 1.29 is 8.78 Å². The molecule has 0 radical (unpaired) electrons. The van der Waals surface area contributed by atoms with Gasteiger partial charge in [0.2, 0.25) is 0 Å². The zero-order chi connectivity index (χ0) is 13.6. The summed E-state index contributed by atoms with van der Waals surface area (Å²) in [4.78, 5) is 4.19. The minimum Gasteiger partial charge on any atom is -0.327 e. The fourth-order valence-corrected chi connectivity index (χ4v) is 2.81. The minimum absolute atomic E-state index is 0.202. The van der Waals surface area contributed by atoms with Crippen molar-refractivity contribution in [3.63, 3.8) is 0 Å². The van der Waals surface area contributed by atoms with Crippen LogP contribution in [0.1, 0.15) is 25.6 Å². The third kappa shape index (κ3) is 2.34. The maximum Gasteiger partial charge on any atom is 0.153 e. The van der Waals surface area contributed by atoms with Crippen LogP contribution in [0.5, 0.6) is 0 Å². The lowest BCUT2D eigenvalue weighted by Crippen LogP contribution is -2.11. The predicted octanol–water partition coefficient (Wildman–Crippen LogP) is 4.10. The molecule has 0 aliphatic heterocycles. The highest BCUT2D eigenvalue weighted by Gasteiger charge is 2.29. The van der Waals surface area contributed by atoms with Crippen molar-refractivity contribution >= 4 is 22.6 Å². The first-order valence-electron chi connectivity index (χ1n) is 6.50. The Morgan fingerprint density at radius 3 is 2.79 bits per heavy atom. The Morgan fingerprint density at radius 1 is 1.42 bits per heavy atom. The van der Waals surface area contributed by atoms with Crippen LogP contribution in [-0.2, 0) is 12.4 Å². The van der Waals surface area contributed by atoms with Gasteiger partial charge in [0.25, 0.3) is 0 Å². The van der Waals surface area contributed by atoms with Gasteiger partial charge in [0.05, 0.1) is 11.4 Å². The van der Waals surface area contributed by atoms with Gasteiger partial charge in [-0.1, -0.05) is 6.92 Å². The second kappa shape index (κ2) is 4.75. The SMILES string of the molecule is CC(Cn1c(CCl)nc2c(F)cc(F)cc21)C1CC1. The van der Waals surface area contributed by atoms with Gasteiger partial charge in [0, 0.05) is 12.6 Å². The van der Waals surface area contributed by atoms with Crippen molar-refractivity contribution in [3.05, 3.63) is 29.6 Å². The van der Waals surface area contributed by atoms with Crippen LogP contribution in [-0.4, -0.2) is 9.55 Å². The van der Waals surface area contributed by atoms with E-state index in [1.165, 1.54) is 18.9 Å². The second-order valence-electron chi connectivity index (χ2n) is 5.34. The maximum absolute atomic E-state index is 13.7. The Kier molecular flexibility index (Phi) is 3.21. The number of nitrogens with zero attached hydrogens (tertiary/aromatic N) is 2. The molecule has 2 aromatic rings. The molecule has 1 aliphatic rings. The zero-order valence-corrected chi connectivity index (χ0v) is 11.4. The monoisotopic (exact) mass is 284 g/mol. The van der Waals surface area contributed by atoms with Crippen molar-refractivity contribution in [2.45, 2.75) is 32.2 Å². The Morgan fingerprint density at radius 2 is 2.16 bits per heavy atom. The largest absolute Gasteiger partial charge is 0.327 e. The quantitative estimate of drug-likeness (QED) is 0.773. The van der Waals surface area contributed by atoms with E-state index in [0.29, 0.717) is 23.8 Å². The number of aromatic nitrogens is 2. The van der Waals surface area contributed by atoms with Crippen molar-refractivity contribution in [1.82, 2.24) is 9.55 Å². The molecule has 0 saturated heterocycles. The average Bonchev–Trinajstić information content (AvgIpc) is 3.15. The van der Waals surface area contributed by atoms with Crippen LogP contribution in [0.25, 0.3) is 11.0 Å². The molecule has 1 saturated carbocycles. The van der Waals surface area contributed by atoms with E-state index >= 15 is 0 Å². The van der Waals surface area contributed by atoms with E-state index in [0.717, 1.165) is 12.0 Å². The van der Waals surface area contributed by atoms with E-state index in [2.05, 4.69) is 11.9 Å². The van der Waals surface area contributed by atoms with Crippen LogP contribution in [0.3, 0.4) is 0 Å². The summed E-state index contributed by atoms with van der Waals surface area (Å²) in [5.41, 5.74) is 0.709. The van der Waals surface area contributed by atoms with Crippen molar-refractivity contribution in [1.29, 1.82) is 0 Å². The molecule has 3 rings (SSSR count). The van der Waals surface area contributed by atoms with E-state index in [1.54, 1.807) is 0 Å². The summed E-state index contributed by atoms with van der Waals surface area (Å²) in [7, 11) is 0. The number of hydrogen-bond acceptors (Lipinski definition) is 1. The summed E-state index contributed by atoms with van der Waals surface area (Å²) >= 11 is 5.87. The van der Waals surface area contributed by atoms with Gasteiger partial charge in [0.1, 0.15) is 17.2 Å². The molecule has 1 aliphatic carbocycles. The van der Waals surface area contributed by atoms with Crippen LogP contribution in [0.4, 0.5) is 8.78 Å². The molecule has 1 heterocycles. The average molecular weight is 285 g/mol. The maximum atomic E-state index is 13.7. The molecule has 1 unspecified atom stereocenters. The van der Waals surface area contributed by atoms with Gasteiger partial charge in [-0.2, -0.15) is 0 Å². The van der Waals surface area contributed by atoms with Gasteiger partial charge in [-0.15, -0.1) is 11.6 Å². The fraction of sp³-hybridized carbons (Fsp3) is 0.500. The third-order valence-electron chi connectivity index (χ3n) is 3.87. The molecule has 1 atom stereocenters. The summed E-state index contributed by atoms with van der Waals surface area (Å²) in [6, 6.07) is 2.20. The molecule has 1 aromatic heterocycles. The molecule has 102 valence electrons. The molecule has 1 aromatic carbocycles. The van der Waals surface area contributed by atoms with Crippen molar-refractivity contribution in [2.75, 3.05) is 0 Å². The van der Waals surface area contributed by atoms with Gasteiger partial charge in [0.15, 0.2) is 5.82 Å². The van der Waals surface area contributed by atoms with Crippen molar-refractivity contribution in [2.24, 2.45) is 11.8 Å². The highest BCUT2D eigenvalue weighted by Crippen LogP contribution is 2.38. The van der Waals surface area contributed by atoms with Crippen molar-refractivity contribution in [3.8, 4) is 0 Å². The Hall–Kier alpha value is -1.16. The Labute approximate surface area is 115 Å². The van der Waals surface area contributed by atoms with Gasteiger partial charge < -0.3 is 4.57 Å². The molecule has 0 N–H and O–H groups in total. The molecular weight excluding hydrogens is 270 g/mol. The fourth-order valence-electron chi connectivity index (χ4n) is 2.61. The Bertz CT molecular complexity index is 619. The van der Waals surface area contributed by atoms with E-state index in [9.17, 15) is 8.78 Å². The minimum atomic E-state index is -0.626. The number of halogens is 3. The van der Waals surface area contributed by atoms with Gasteiger partial charge in [-0.05, 0) is 30.7 Å². The summed E-state index contributed by atoms with van der Waals surface area (Å²) in [5.74, 6) is 0.802. The lowest BCUT2D eigenvalue weighted by atomic mass is 10.1. The number of benzene rings is 1. The van der Waals surface area contributed by atoms with Crippen LogP contribution >= 0.6 is 11.6 Å². The van der Waals surface area contributed by atoms with Gasteiger partial charge in [-0.3, -0.25) is 0 Å². The summed E-state index contributed by atoms with van der Waals surface area (Å²) < 4.78 is 29.0. The predicted molar refractivity (Wildman–Crippen MR) is 71.1 cm³/mol. The van der Waals surface area contributed by atoms with E-state index in [-0.39, 0.29) is 11.4 Å². The van der Waals surface area contributed by atoms with Crippen LogP contribution in [0.15, 0.2) is 12.1 Å². The highest BCUT2D eigenvalue weighted by molar-refractivity contribution is 6.16. The summed E-state index contributed by atoms with van der Waals surface area (Å²) in [6.07, 6.45) is 2.49. The zero-order valence-electron chi connectivity index (χ0n) is 10.7. The molecule has 2 nitrogen and oxygen atoms in total. The molecule has 0 bridgehead atoms. The Balaban J connectivity index is 2.08. The van der Waals surface area contributed by atoms with E-state index in [4.69, 9.17) is 11.6 Å². The summed E-state index contributed by atoms with van der Waals surface area (Å²) in [6.45, 7) is 2.88. The number of rotatable bonds is 4. The first-order chi connectivity index (χ1) is 9.10. The molecule has 0 amide bonds. The number of alkyl halides is 1. The lowest BCUT2D eigenvalue weighted by molar-refractivity contribution is 0.430. The molecule has 0 spiro atoms. The van der Waals surface area contributed by atoms with Gasteiger partial charge in [-0.25, -0.2) is 13.8 Å². The second-order valence-corrected chi connectivity index (χ2v) is 5.61. The topological polar surface area (TPSA) is 17.8 Å². The number of fused-ring (bicyclic) bond motifs is 1. The molecule has 19 heavy (non-hydrogen) atoms. The van der Waals surface area contributed by atoms with E-state index in [1.807, 2.05) is 4.57 Å². The smallest absolute Gasteiger partial charge is 0.153 e. The molecule has 1 fully saturated rings. The molecule has 5 heteroatoms. The van der Waals surface area contributed by atoms with Crippen LogP contribution in [0.2, 0.25) is 0 Å². The summed E-state index contributed by atoms with van der Waals surface area (Å²) in [5, 5.41) is 0.